The summed E-state index contributed by atoms with van der Waals surface area (Å²) in [5.74, 6) is -0.608. The molecule has 0 aromatic rings. The van der Waals surface area contributed by atoms with Crippen molar-refractivity contribution in [3.63, 3.8) is 0 Å². The first-order chi connectivity index (χ1) is 39.6. The summed E-state index contributed by atoms with van der Waals surface area (Å²) in [4.78, 5) is 24.6. The average molecular weight is 1110 g/mol. The van der Waals surface area contributed by atoms with E-state index < -0.39 is 6.10 Å². The number of rotatable bonds is 62. The van der Waals surface area contributed by atoms with Crippen LogP contribution in [0.15, 0.2) is 122 Å². The number of aliphatic hydroxyl groups is 1. The Balaban J connectivity index is 3.53. The van der Waals surface area contributed by atoms with Crippen molar-refractivity contribution in [1.29, 1.82) is 0 Å². The zero-order chi connectivity index (χ0) is 57.6. The van der Waals surface area contributed by atoms with Gasteiger partial charge in [-0.15, -0.1) is 0 Å². The van der Waals surface area contributed by atoms with Gasteiger partial charge in [0.15, 0.2) is 6.10 Å². The smallest absolute Gasteiger partial charge is 0.306 e. The molecule has 80 heavy (non-hydrogen) atoms. The molecule has 0 bridgehead atoms. The van der Waals surface area contributed by atoms with Gasteiger partial charge in [-0.2, -0.15) is 0 Å². The lowest BCUT2D eigenvalue weighted by atomic mass is 10.0. The Hall–Kier alpha value is -3.70. The number of hydrogen-bond acceptors (Lipinski definition) is 5. The molecule has 0 aromatic carbocycles. The van der Waals surface area contributed by atoms with Gasteiger partial charge in [0, 0.05) is 12.8 Å². The van der Waals surface area contributed by atoms with Gasteiger partial charge in [0.05, 0.1) is 6.61 Å². The predicted octanol–water partition coefficient (Wildman–Crippen LogP) is 23.8. The van der Waals surface area contributed by atoms with E-state index in [1.165, 1.54) is 180 Å². The van der Waals surface area contributed by atoms with Gasteiger partial charge in [0.1, 0.15) is 6.61 Å². The molecule has 458 valence electrons. The van der Waals surface area contributed by atoms with Gasteiger partial charge in [-0.25, -0.2) is 0 Å². The standard InChI is InChI=1S/C75H128O5/c1-3-5-7-9-11-13-15-17-19-21-23-25-27-29-31-33-35-37-39-41-43-45-47-49-51-53-55-57-59-61-63-65-67-69-74(77)79-72-73(71-76)80-75(78)70-68-66-64-62-60-58-56-54-52-50-48-46-44-42-40-38-36-34-32-30-28-26-24-22-20-18-16-14-12-10-8-6-4-2/h6,8,12,14,18,20-21,23-24,26,30,32,36,38,42,44,48,50,54,56,73,76H,3-5,7,9-11,13,15-17,19,22,25,27-29,31,33-35,37,39-41,43,45-47,49,51-53,55,57-72H2,1-2H3/b8-6-,14-12-,20-18-,23-21-,26-24-,32-30-,38-36-,44-42-,50-48-,56-54-. The van der Waals surface area contributed by atoms with Gasteiger partial charge < -0.3 is 14.6 Å². The van der Waals surface area contributed by atoms with Gasteiger partial charge in [0.25, 0.3) is 0 Å². The number of unbranched alkanes of at least 4 members (excludes halogenated alkanes) is 34. The van der Waals surface area contributed by atoms with Crippen molar-refractivity contribution in [3.8, 4) is 0 Å². The van der Waals surface area contributed by atoms with Crippen molar-refractivity contribution in [2.75, 3.05) is 13.2 Å². The zero-order valence-electron chi connectivity index (χ0n) is 52.6. The van der Waals surface area contributed by atoms with E-state index in [2.05, 4.69) is 135 Å². The van der Waals surface area contributed by atoms with E-state index in [4.69, 9.17) is 9.47 Å². The lowest BCUT2D eigenvalue weighted by molar-refractivity contribution is -0.161. The van der Waals surface area contributed by atoms with Crippen LogP contribution < -0.4 is 0 Å². The normalized spacial score (nSPS) is 13.0. The maximum absolute atomic E-state index is 12.3. The van der Waals surface area contributed by atoms with E-state index in [0.717, 1.165) is 116 Å². The molecule has 0 heterocycles. The summed E-state index contributed by atoms with van der Waals surface area (Å²) >= 11 is 0. The fourth-order valence-corrected chi connectivity index (χ4v) is 9.66. The van der Waals surface area contributed by atoms with Gasteiger partial charge in [-0.05, 0) is 109 Å². The second-order valence-corrected chi connectivity index (χ2v) is 22.5. The number of allylic oxidation sites excluding steroid dienone is 20. The summed E-state index contributed by atoms with van der Waals surface area (Å²) in [7, 11) is 0. The highest BCUT2D eigenvalue weighted by atomic mass is 16.6. The fourth-order valence-electron chi connectivity index (χ4n) is 9.66. The third-order valence-electron chi connectivity index (χ3n) is 14.7. The molecule has 0 amide bonds. The van der Waals surface area contributed by atoms with Gasteiger partial charge >= 0.3 is 11.9 Å². The summed E-state index contributed by atoms with van der Waals surface area (Å²) in [5.41, 5.74) is 0. The molecular formula is C75H128O5. The minimum Gasteiger partial charge on any atom is -0.462 e. The molecule has 5 heteroatoms. The minimum atomic E-state index is -0.791. The average Bonchev–Trinajstić information content (AvgIpc) is 3.46. The summed E-state index contributed by atoms with van der Waals surface area (Å²) in [6.07, 6.45) is 102. The van der Waals surface area contributed by atoms with Crippen LogP contribution in [-0.2, 0) is 19.1 Å². The van der Waals surface area contributed by atoms with E-state index in [-0.39, 0.29) is 25.2 Å². The maximum Gasteiger partial charge on any atom is 0.306 e. The van der Waals surface area contributed by atoms with E-state index in [0.29, 0.717) is 12.8 Å². The summed E-state index contributed by atoms with van der Waals surface area (Å²) in [5, 5.41) is 9.69. The summed E-state index contributed by atoms with van der Waals surface area (Å²) in [6.45, 7) is 4.04. The monoisotopic (exact) mass is 1110 g/mol. The molecule has 0 aliphatic heterocycles. The molecule has 0 saturated heterocycles. The Bertz CT molecular complexity index is 1590. The van der Waals surface area contributed by atoms with Crippen molar-refractivity contribution in [2.45, 2.75) is 328 Å². The van der Waals surface area contributed by atoms with Crippen molar-refractivity contribution >= 4 is 11.9 Å². The molecule has 0 aliphatic carbocycles. The third kappa shape index (κ3) is 66.8. The van der Waals surface area contributed by atoms with Gasteiger partial charge in [-0.3, -0.25) is 9.59 Å². The Kier molecular flexibility index (Phi) is 66.4. The molecule has 0 radical (unpaired) electrons. The largest absolute Gasteiger partial charge is 0.462 e. The lowest BCUT2D eigenvalue weighted by Crippen LogP contribution is -2.28. The molecule has 1 N–H and O–H groups in total. The molecule has 5 nitrogen and oxygen atoms in total. The van der Waals surface area contributed by atoms with Gasteiger partial charge in [0.2, 0.25) is 0 Å². The van der Waals surface area contributed by atoms with Crippen LogP contribution in [0, 0.1) is 0 Å². The first kappa shape index (κ1) is 76.3. The second kappa shape index (κ2) is 69.6. The van der Waals surface area contributed by atoms with Crippen LogP contribution >= 0.6 is 0 Å². The minimum absolute atomic E-state index is 0.0779. The molecule has 0 aromatic heterocycles. The van der Waals surface area contributed by atoms with Crippen molar-refractivity contribution in [1.82, 2.24) is 0 Å². The molecule has 1 atom stereocenters. The Morgan fingerprint density at radius 2 is 0.537 bits per heavy atom. The van der Waals surface area contributed by atoms with Crippen molar-refractivity contribution < 1.29 is 24.2 Å². The number of esters is 2. The lowest BCUT2D eigenvalue weighted by Gasteiger charge is -2.15. The van der Waals surface area contributed by atoms with Gasteiger partial charge in [-0.1, -0.05) is 322 Å². The first-order valence-electron chi connectivity index (χ1n) is 34.1. The van der Waals surface area contributed by atoms with E-state index in [1.54, 1.807) is 0 Å². The summed E-state index contributed by atoms with van der Waals surface area (Å²) in [6, 6.07) is 0. The number of aliphatic hydroxyl groups excluding tert-OH is 1. The molecule has 0 saturated carbocycles. The summed E-state index contributed by atoms with van der Waals surface area (Å²) < 4.78 is 10.7. The van der Waals surface area contributed by atoms with E-state index >= 15 is 0 Å². The van der Waals surface area contributed by atoms with Crippen LogP contribution in [0.5, 0.6) is 0 Å². The SMILES string of the molecule is CC/C=C\C/C=C\C/C=C\C/C=C\C/C=C\C/C=C\C/C=C\C/C=C\C/C=C\CCCCCCCC(=O)OC(CO)COC(=O)CCCCCCCCCCCCCCCCCCCCCCC/C=C\CCCCCCCCCC. The Morgan fingerprint density at radius 3 is 0.825 bits per heavy atom. The van der Waals surface area contributed by atoms with Crippen molar-refractivity contribution in [3.05, 3.63) is 122 Å². The maximum atomic E-state index is 12.3. The Morgan fingerprint density at radius 1 is 0.300 bits per heavy atom. The van der Waals surface area contributed by atoms with Crippen LogP contribution in [0.4, 0.5) is 0 Å². The number of ether oxygens (including phenoxy) is 2. The predicted molar refractivity (Wildman–Crippen MR) is 352 cm³/mol. The van der Waals surface area contributed by atoms with E-state index in [9.17, 15) is 14.7 Å². The Labute approximate surface area is 496 Å². The second-order valence-electron chi connectivity index (χ2n) is 22.5. The quantitative estimate of drug-likeness (QED) is 0.0373. The topological polar surface area (TPSA) is 72.8 Å². The van der Waals surface area contributed by atoms with Crippen LogP contribution in [0.2, 0.25) is 0 Å². The molecule has 0 fully saturated rings. The third-order valence-corrected chi connectivity index (χ3v) is 14.7. The molecule has 0 aliphatic rings. The first-order valence-corrected chi connectivity index (χ1v) is 34.1. The number of hydrogen-bond donors (Lipinski definition) is 1. The van der Waals surface area contributed by atoms with E-state index in [1.807, 2.05) is 0 Å². The van der Waals surface area contributed by atoms with Crippen LogP contribution in [0.3, 0.4) is 0 Å². The molecular weight excluding hydrogens is 981 g/mol. The molecule has 0 rings (SSSR count). The van der Waals surface area contributed by atoms with Crippen LogP contribution in [-0.4, -0.2) is 36.4 Å². The fraction of sp³-hybridized carbons (Fsp3) is 0.707. The highest BCUT2D eigenvalue weighted by Crippen LogP contribution is 2.17. The zero-order valence-corrected chi connectivity index (χ0v) is 52.6. The van der Waals surface area contributed by atoms with Crippen LogP contribution in [0.1, 0.15) is 322 Å². The highest BCUT2D eigenvalue weighted by Gasteiger charge is 2.16. The highest BCUT2D eigenvalue weighted by molar-refractivity contribution is 5.70. The number of carbonyl (C=O) groups is 2. The number of carbonyl (C=O) groups excluding carboxylic acids is 2. The molecule has 1 unspecified atom stereocenters. The van der Waals surface area contributed by atoms with Crippen molar-refractivity contribution in [2.24, 2.45) is 0 Å². The molecule has 0 spiro atoms. The van der Waals surface area contributed by atoms with Crippen LogP contribution in [0.25, 0.3) is 0 Å².